The van der Waals surface area contributed by atoms with Crippen molar-refractivity contribution in [2.45, 2.75) is 6.04 Å². The van der Waals surface area contributed by atoms with Crippen LogP contribution in [0.1, 0.15) is 17.2 Å². The molecule has 0 radical (unpaired) electrons. The molecule has 3 N–H and O–H groups in total. The highest BCUT2D eigenvalue weighted by Gasteiger charge is 2.15. The molecule has 0 fully saturated rings. The third kappa shape index (κ3) is 1.58. The van der Waals surface area contributed by atoms with E-state index < -0.39 is 17.6 Å². The molecule has 3 nitrogen and oxygen atoms in total. The molecule has 0 amide bonds. The third-order valence-electron chi connectivity index (χ3n) is 1.88. The fourth-order valence-electron chi connectivity index (χ4n) is 1.08. The standard InChI is InChI=1S/C10H9FN2O/c1-2-9(13)6-3-4-8(11)7(5-12)10(6)14/h2-4,9,14H,1,13H2/t9-/m0/s1. The van der Waals surface area contributed by atoms with Gasteiger partial charge in [0, 0.05) is 5.56 Å². The lowest BCUT2D eigenvalue weighted by Crippen LogP contribution is -2.07. The van der Waals surface area contributed by atoms with Crippen LogP contribution in [0.3, 0.4) is 0 Å². The minimum Gasteiger partial charge on any atom is -0.506 e. The maximum atomic E-state index is 12.9. The van der Waals surface area contributed by atoms with Crippen LogP contribution in [0.5, 0.6) is 5.75 Å². The number of rotatable bonds is 2. The van der Waals surface area contributed by atoms with Crippen molar-refractivity contribution in [3.63, 3.8) is 0 Å². The predicted molar refractivity (Wildman–Crippen MR) is 49.9 cm³/mol. The second-order valence-electron chi connectivity index (χ2n) is 2.73. The van der Waals surface area contributed by atoms with Crippen LogP contribution in [0.2, 0.25) is 0 Å². The molecule has 0 aromatic heterocycles. The number of nitrogens with zero attached hydrogens (tertiary/aromatic N) is 1. The Hall–Kier alpha value is -1.86. The highest BCUT2D eigenvalue weighted by molar-refractivity contribution is 5.50. The van der Waals surface area contributed by atoms with Gasteiger partial charge in [-0.1, -0.05) is 12.1 Å². The lowest BCUT2D eigenvalue weighted by atomic mass is 10.0. The minimum absolute atomic E-state index is 0.290. The molecule has 0 saturated carbocycles. The number of aromatic hydroxyl groups is 1. The first-order valence-electron chi connectivity index (χ1n) is 3.91. The predicted octanol–water partition coefficient (Wildman–Crippen LogP) is 1.59. The van der Waals surface area contributed by atoms with Crippen molar-refractivity contribution in [3.05, 3.63) is 41.7 Å². The van der Waals surface area contributed by atoms with E-state index in [9.17, 15) is 9.50 Å². The maximum absolute atomic E-state index is 12.9. The number of nitrogens with two attached hydrogens (primary N) is 1. The van der Waals surface area contributed by atoms with Crippen LogP contribution in [0, 0.1) is 17.1 Å². The van der Waals surface area contributed by atoms with Crippen molar-refractivity contribution in [2.24, 2.45) is 5.73 Å². The van der Waals surface area contributed by atoms with Gasteiger partial charge < -0.3 is 10.8 Å². The Bertz CT molecular complexity index is 409. The molecular weight excluding hydrogens is 183 g/mol. The van der Waals surface area contributed by atoms with Gasteiger partial charge >= 0.3 is 0 Å². The van der Waals surface area contributed by atoms with E-state index in [1.165, 1.54) is 12.1 Å². The number of phenolic OH excluding ortho intramolecular Hbond substituents is 1. The van der Waals surface area contributed by atoms with Crippen molar-refractivity contribution >= 4 is 0 Å². The zero-order chi connectivity index (χ0) is 10.7. The molecule has 0 aliphatic rings. The second kappa shape index (κ2) is 3.90. The Morgan fingerprint density at radius 3 is 2.79 bits per heavy atom. The van der Waals surface area contributed by atoms with Gasteiger partial charge in [-0.3, -0.25) is 0 Å². The van der Waals surface area contributed by atoms with E-state index in [4.69, 9.17) is 11.0 Å². The summed E-state index contributed by atoms with van der Waals surface area (Å²) in [4.78, 5) is 0. The van der Waals surface area contributed by atoms with Gasteiger partial charge in [0.25, 0.3) is 0 Å². The molecule has 0 bridgehead atoms. The summed E-state index contributed by atoms with van der Waals surface area (Å²) >= 11 is 0. The van der Waals surface area contributed by atoms with E-state index in [2.05, 4.69) is 6.58 Å². The first-order valence-corrected chi connectivity index (χ1v) is 3.91. The topological polar surface area (TPSA) is 70.0 Å². The average molecular weight is 192 g/mol. The smallest absolute Gasteiger partial charge is 0.144 e. The highest BCUT2D eigenvalue weighted by Crippen LogP contribution is 2.28. The Morgan fingerprint density at radius 2 is 2.29 bits per heavy atom. The molecule has 72 valence electrons. The molecule has 1 aromatic carbocycles. The average Bonchev–Trinajstić information content (AvgIpc) is 2.18. The van der Waals surface area contributed by atoms with E-state index in [1.54, 1.807) is 6.07 Å². The van der Waals surface area contributed by atoms with Crippen LogP contribution in [0.25, 0.3) is 0 Å². The summed E-state index contributed by atoms with van der Waals surface area (Å²) in [5.74, 6) is -1.18. The first kappa shape index (κ1) is 10.2. The number of phenols is 1. The van der Waals surface area contributed by atoms with E-state index in [0.29, 0.717) is 0 Å². The van der Waals surface area contributed by atoms with E-state index in [1.807, 2.05) is 0 Å². The monoisotopic (exact) mass is 192 g/mol. The fraction of sp³-hybridized carbons (Fsp3) is 0.100. The normalized spacial score (nSPS) is 11.8. The van der Waals surface area contributed by atoms with Crippen LogP contribution in [-0.2, 0) is 0 Å². The molecular formula is C10H9FN2O. The Balaban J connectivity index is 3.37. The van der Waals surface area contributed by atoms with Gasteiger partial charge in [0.05, 0.1) is 6.04 Å². The molecule has 14 heavy (non-hydrogen) atoms. The van der Waals surface area contributed by atoms with Gasteiger partial charge in [0.1, 0.15) is 23.2 Å². The Labute approximate surface area is 80.9 Å². The van der Waals surface area contributed by atoms with E-state index >= 15 is 0 Å². The summed E-state index contributed by atoms with van der Waals surface area (Å²) in [7, 11) is 0. The Kier molecular flexibility index (Phi) is 2.85. The van der Waals surface area contributed by atoms with Crippen LogP contribution >= 0.6 is 0 Å². The van der Waals surface area contributed by atoms with E-state index in [-0.39, 0.29) is 11.1 Å². The fourth-order valence-corrected chi connectivity index (χ4v) is 1.08. The molecule has 4 heteroatoms. The van der Waals surface area contributed by atoms with Crippen LogP contribution in [0.4, 0.5) is 4.39 Å². The molecule has 0 spiro atoms. The van der Waals surface area contributed by atoms with Gasteiger partial charge in [0.15, 0.2) is 0 Å². The van der Waals surface area contributed by atoms with Crippen molar-refractivity contribution in [1.29, 1.82) is 5.26 Å². The molecule has 1 rings (SSSR count). The van der Waals surface area contributed by atoms with Gasteiger partial charge in [0.2, 0.25) is 0 Å². The summed E-state index contributed by atoms with van der Waals surface area (Å²) in [6.45, 7) is 3.44. The molecule has 0 unspecified atom stereocenters. The zero-order valence-electron chi connectivity index (χ0n) is 7.37. The zero-order valence-corrected chi connectivity index (χ0v) is 7.37. The summed E-state index contributed by atoms with van der Waals surface area (Å²) < 4.78 is 12.9. The molecule has 1 atom stereocenters. The summed E-state index contributed by atoms with van der Waals surface area (Å²) in [6, 6.07) is 3.38. The summed E-state index contributed by atoms with van der Waals surface area (Å²) in [6.07, 6.45) is 1.40. The molecule has 0 heterocycles. The number of hydrogen-bond donors (Lipinski definition) is 2. The second-order valence-corrected chi connectivity index (χ2v) is 2.73. The minimum atomic E-state index is -0.759. The third-order valence-corrected chi connectivity index (χ3v) is 1.88. The van der Waals surface area contributed by atoms with Crippen molar-refractivity contribution < 1.29 is 9.50 Å². The number of halogens is 1. The molecule has 0 aliphatic heterocycles. The first-order chi connectivity index (χ1) is 6.61. The van der Waals surface area contributed by atoms with Crippen molar-refractivity contribution in [3.8, 4) is 11.8 Å². The number of nitriles is 1. The van der Waals surface area contributed by atoms with Crippen LogP contribution < -0.4 is 5.73 Å². The van der Waals surface area contributed by atoms with Crippen LogP contribution in [-0.4, -0.2) is 5.11 Å². The maximum Gasteiger partial charge on any atom is 0.144 e. The molecule has 0 aliphatic carbocycles. The quantitative estimate of drug-likeness (QED) is 0.699. The molecule has 0 saturated heterocycles. The largest absolute Gasteiger partial charge is 0.506 e. The van der Waals surface area contributed by atoms with Crippen molar-refractivity contribution in [2.75, 3.05) is 0 Å². The summed E-state index contributed by atoms with van der Waals surface area (Å²) in [5.41, 5.74) is 5.46. The van der Waals surface area contributed by atoms with Crippen molar-refractivity contribution in [1.82, 2.24) is 0 Å². The lowest BCUT2D eigenvalue weighted by Gasteiger charge is -2.10. The van der Waals surface area contributed by atoms with E-state index in [0.717, 1.165) is 6.07 Å². The van der Waals surface area contributed by atoms with Gasteiger partial charge in [-0.15, -0.1) is 6.58 Å². The number of benzene rings is 1. The van der Waals surface area contributed by atoms with Gasteiger partial charge in [-0.2, -0.15) is 5.26 Å². The van der Waals surface area contributed by atoms with Crippen LogP contribution in [0.15, 0.2) is 24.8 Å². The number of hydrogen-bond acceptors (Lipinski definition) is 3. The Morgan fingerprint density at radius 1 is 1.64 bits per heavy atom. The SMILES string of the molecule is C=C[C@H](N)c1ccc(F)c(C#N)c1O. The highest BCUT2D eigenvalue weighted by atomic mass is 19.1. The summed E-state index contributed by atoms with van der Waals surface area (Å²) in [5, 5.41) is 18.0. The van der Waals surface area contributed by atoms with Gasteiger partial charge in [-0.25, -0.2) is 4.39 Å². The lowest BCUT2D eigenvalue weighted by molar-refractivity contribution is 0.457. The van der Waals surface area contributed by atoms with Gasteiger partial charge in [-0.05, 0) is 6.07 Å². The molecule has 1 aromatic rings.